The first-order chi connectivity index (χ1) is 8.83. The van der Waals surface area contributed by atoms with Crippen LogP contribution >= 0.6 is 0 Å². The topological polar surface area (TPSA) is 66.8 Å². The molecule has 3 fully saturated rings. The number of rotatable bonds is 0. The van der Waals surface area contributed by atoms with Crippen LogP contribution in [-0.4, -0.2) is 34.0 Å². The normalized spacial score (nSPS) is 49.6. The molecule has 19 heavy (non-hydrogen) atoms. The van der Waals surface area contributed by atoms with E-state index < -0.39 is 17.7 Å². The van der Waals surface area contributed by atoms with Crippen molar-refractivity contribution in [1.29, 1.82) is 0 Å². The molecular weight excluding hydrogens is 244 g/mol. The molecule has 4 heteroatoms. The molecule has 0 aromatic heterocycles. The molecule has 2 aliphatic carbocycles. The van der Waals surface area contributed by atoms with Crippen LogP contribution in [-0.2, 0) is 9.53 Å². The monoisotopic (exact) mass is 264 g/mol. The molecule has 104 valence electrons. The molecular formula is C15H20O4. The van der Waals surface area contributed by atoms with Gasteiger partial charge in [0.05, 0.1) is 11.7 Å². The Hall–Kier alpha value is -1.13. The summed E-state index contributed by atoms with van der Waals surface area (Å²) in [6.07, 6.45) is 0.804. The lowest BCUT2D eigenvalue weighted by molar-refractivity contribution is -0.146. The highest BCUT2D eigenvalue weighted by atomic mass is 16.6. The second-order valence-electron chi connectivity index (χ2n) is 6.36. The second-order valence-corrected chi connectivity index (χ2v) is 6.36. The molecule has 4 nitrogen and oxygen atoms in total. The van der Waals surface area contributed by atoms with E-state index in [1.165, 1.54) is 0 Å². The van der Waals surface area contributed by atoms with Crippen LogP contribution in [0.1, 0.15) is 26.2 Å². The fraction of sp³-hybridized carbons (Fsp3) is 0.667. The van der Waals surface area contributed by atoms with Gasteiger partial charge in [0.2, 0.25) is 0 Å². The van der Waals surface area contributed by atoms with Gasteiger partial charge in [-0.15, -0.1) is 0 Å². The van der Waals surface area contributed by atoms with Crippen molar-refractivity contribution in [3.63, 3.8) is 0 Å². The van der Waals surface area contributed by atoms with E-state index in [0.29, 0.717) is 18.4 Å². The summed E-state index contributed by atoms with van der Waals surface area (Å²) in [5, 5.41) is 20.8. The lowest BCUT2D eigenvalue weighted by atomic mass is 9.77. The fourth-order valence-corrected chi connectivity index (χ4v) is 4.10. The van der Waals surface area contributed by atoms with Crippen molar-refractivity contribution in [2.45, 2.75) is 44.0 Å². The average molecular weight is 264 g/mol. The first-order valence-electron chi connectivity index (χ1n) is 6.82. The molecule has 0 aromatic rings. The van der Waals surface area contributed by atoms with E-state index in [-0.39, 0.29) is 23.9 Å². The number of hydrogen-bond acceptors (Lipinski definition) is 4. The predicted molar refractivity (Wildman–Crippen MR) is 69.1 cm³/mol. The van der Waals surface area contributed by atoms with Crippen molar-refractivity contribution in [3.8, 4) is 0 Å². The van der Waals surface area contributed by atoms with Crippen molar-refractivity contribution >= 4 is 5.97 Å². The number of fused-ring (bicyclic) bond motifs is 3. The Bertz CT molecular complexity index is 465. The Morgan fingerprint density at radius 1 is 1.37 bits per heavy atom. The van der Waals surface area contributed by atoms with E-state index in [1.54, 1.807) is 6.92 Å². The summed E-state index contributed by atoms with van der Waals surface area (Å²) >= 11 is 0. The Morgan fingerprint density at radius 3 is 2.74 bits per heavy atom. The van der Waals surface area contributed by atoms with Gasteiger partial charge < -0.3 is 14.9 Å². The van der Waals surface area contributed by atoms with Gasteiger partial charge in [-0.1, -0.05) is 13.2 Å². The smallest absolute Gasteiger partial charge is 0.334 e. The van der Waals surface area contributed by atoms with E-state index in [4.69, 9.17) is 4.74 Å². The minimum absolute atomic E-state index is 0.0127. The van der Waals surface area contributed by atoms with Crippen LogP contribution in [0, 0.1) is 17.8 Å². The van der Waals surface area contributed by atoms with Crippen molar-refractivity contribution < 1.29 is 19.7 Å². The molecule has 2 saturated carbocycles. The summed E-state index contributed by atoms with van der Waals surface area (Å²) < 4.78 is 5.45. The largest absolute Gasteiger partial charge is 0.458 e. The molecule has 0 unspecified atom stereocenters. The first-order valence-corrected chi connectivity index (χ1v) is 6.82. The van der Waals surface area contributed by atoms with Gasteiger partial charge in [-0.25, -0.2) is 4.79 Å². The van der Waals surface area contributed by atoms with Gasteiger partial charge in [-0.3, -0.25) is 0 Å². The molecule has 1 heterocycles. The number of ether oxygens (including phenoxy) is 1. The zero-order chi connectivity index (χ0) is 13.9. The third kappa shape index (κ3) is 1.70. The molecule has 0 bridgehead atoms. The Balaban J connectivity index is 2.05. The highest BCUT2D eigenvalue weighted by Gasteiger charge is 2.58. The lowest BCUT2D eigenvalue weighted by Crippen LogP contribution is -2.42. The van der Waals surface area contributed by atoms with Gasteiger partial charge >= 0.3 is 5.97 Å². The summed E-state index contributed by atoms with van der Waals surface area (Å²) in [7, 11) is 0. The van der Waals surface area contributed by atoms with Crippen molar-refractivity contribution in [2.75, 3.05) is 0 Å². The standard InChI is InChI=1S/C15H20O4/c1-7-9-4-5-15(3,18)12(9)13-10(6-11(7)16)8(2)14(17)19-13/h9-13,16,18H,1-2,4-6H2,3H3/t9-,10-,11+,12+,13-,15+/m0/s1. The molecule has 3 aliphatic rings. The van der Waals surface area contributed by atoms with E-state index in [1.807, 2.05) is 0 Å². The summed E-state index contributed by atoms with van der Waals surface area (Å²) in [6.45, 7) is 9.58. The van der Waals surface area contributed by atoms with E-state index in [9.17, 15) is 15.0 Å². The van der Waals surface area contributed by atoms with Crippen molar-refractivity contribution in [2.24, 2.45) is 17.8 Å². The number of carbonyl (C=O) groups excluding carboxylic acids is 1. The predicted octanol–water partition coefficient (Wildman–Crippen LogP) is 1.18. The Labute approximate surface area is 112 Å². The minimum atomic E-state index is -0.883. The van der Waals surface area contributed by atoms with Gasteiger partial charge in [0.1, 0.15) is 6.10 Å². The molecule has 0 spiro atoms. The van der Waals surface area contributed by atoms with Gasteiger partial charge in [-0.05, 0) is 37.7 Å². The second kappa shape index (κ2) is 3.93. The number of esters is 1. The third-order valence-corrected chi connectivity index (χ3v) is 5.20. The zero-order valence-corrected chi connectivity index (χ0v) is 11.1. The average Bonchev–Trinajstić information content (AvgIpc) is 2.75. The maximum Gasteiger partial charge on any atom is 0.334 e. The van der Waals surface area contributed by atoms with E-state index in [2.05, 4.69) is 13.2 Å². The quantitative estimate of drug-likeness (QED) is 0.392. The molecule has 6 atom stereocenters. The Morgan fingerprint density at radius 2 is 2.05 bits per heavy atom. The summed E-state index contributed by atoms with van der Waals surface area (Å²) in [6, 6.07) is 0. The summed E-state index contributed by atoms with van der Waals surface area (Å²) in [5.74, 6) is -0.779. The van der Waals surface area contributed by atoms with E-state index >= 15 is 0 Å². The number of aliphatic hydroxyl groups excluding tert-OH is 1. The SMILES string of the molecule is C=C1C(=O)O[C@@H]2[C@H]3[C@@H](CC[C@@]3(C)O)C(=C)[C@H](O)C[C@@H]12. The maximum absolute atomic E-state index is 11.7. The van der Waals surface area contributed by atoms with Crippen LogP contribution < -0.4 is 0 Å². The fourth-order valence-electron chi connectivity index (χ4n) is 4.10. The highest BCUT2D eigenvalue weighted by Crippen LogP contribution is 2.53. The summed E-state index contributed by atoms with van der Waals surface area (Å²) in [4.78, 5) is 11.7. The van der Waals surface area contributed by atoms with Crippen molar-refractivity contribution in [3.05, 3.63) is 24.3 Å². The van der Waals surface area contributed by atoms with Crippen LogP contribution in [0.5, 0.6) is 0 Å². The highest BCUT2D eigenvalue weighted by molar-refractivity contribution is 5.91. The van der Waals surface area contributed by atoms with Crippen LogP contribution in [0.3, 0.4) is 0 Å². The molecule has 0 amide bonds. The summed E-state index contributed by atoms with van der Waals surface area (Å²) in [5.41, 5.74) is 0.298. The van der Waals surface area contributed by atoms with Crippen LogP contribution in [0.4, 0.5) is 0 Å². The molecule has 2 N–H and O–H groups in total. The van der Waals surface area contributed by atoms with Crippen molar-refractivity contribution in [1.82, 2.24) is 0 Å². The maximum atomic E-state index is 11.7. The van der Waals surface area contributed by atoms with E-state index in [0.717, 1.165) is 12.0 Å². The molecule has 1 aliphatic heterocycles. The molecule has 3 rings (SSSR count). The first kappa shape index (κ1) is 12.9. The number of carbonyl (C=O) groups is 1. The van der Waals surface area contributed by atoms with Gasteiger partial charge in [0.25, 0.3) is 0 Å². The van der Waals surface area contributed by atoms with Crippen LogP contribution in [0.2, 0.25) is 0 Å². The molecule has 1 saturated heterocycles. The van der Waals surface area contributed by atoms with Crippen LogP contribution in [0.25, 0.3) is 0 Å². The number of aliphatic hydroxyl groups is 2. The third-order valence-electron chi connectivity index (χ3n) is 5.20. The molecule has 0 radical (unpaired) electrons. The van der Waals surface area contributed by atoms with Gasteiger partial charge in [-0.2, -0.15) is 0 Å². The number of hydrogen-bond donors (Lipinski definition) is 2. The lowest BCUT2D eigenvalue weighted by Gasteiger charge is -2.34. The molecule has 0 aromatic carbocycles. The van der Waals surface area contributed by atoms with Gasteiger partial charge in [0, 0.05) is 17.4 Å². The zero-order valence-electron chi connectivity index (χ0n) is 11.1. The minimum Gasteiger partial charge on any atom is -0.458 e. The Kier molecular flexibility index (Phi) is 2.67. The van der Waals surface area contributed by atoms with Gasteiger partial charge in [0.15, 0.2) is 0 Å². The van der Waals surface area contributed by atoms with Crippen LogP contribution in [0.15, 0.2) is 24.3 Å².